The predicted octanol–water partition coefficient (Wildman–Crippen LogP) is 2.45. The molecule has 32 heavy (non-hydrogen) atoms. The summed E-state index contributed by atoms with van der Waals surface area (Å²) in [7, 11) is 1.45. The minimum absolute atomic E-state index is 0.0848. The lowest BCUT2D eigenvalue weighted by molar-refractivity contribution is -0.139. The number of hydrogen-bond acceptors (Lipinski definition) is 6. The number of para-hydroxylation sites is 2. The number of hydrogen-bond donors (Lipinski definition) is 3. The highest BCUT2D eigenvalue weighted by Crippen LogP contribution is 2.27. The first kappa shape index (κ1) is 22.8. The molecule has 4 amide bonds. The van der Waals surface area contributed by atoms with Crippen LogP contribution in [0.15, 0.2) is 52.6 Å². The highest BCUT2D eigenvalue weighted by Gasteiger charge is 2.35. The monoisotopic (exact) mass is 503 g/mol. The number of halogens is 1. The molecule has 1 saturated heterocycles. The molecule has 0 atom stereocenters. The van der Waals surface area contributed by atoms with E-state index in [1.807, 2.05) is 0 Å². The minimum Gasteiger partial charge on any atom is -0.495 e. The Morgan fingerprint density at radius 2 is 1.94 bits per heavy atom. The average molecular weight is 504 g/mol. The summed E-state index contributed by atoms with van der Waals surface area (Å²) < 4.78 is 11.0. The Balaban J connectivity index is 1.76. The summed E-state index contributed by atoms with van der Waals surface area (Å²) in [5.74, 6) is -1.83. The van der Waals surface area contributed by atoms with Crippen molar-refractivity contribution in [1.82, 2.24) is 10.2 Å². The number of ether oxygens (including phenoxy) is 2. The number of aliphatic carboxylic acids is 1. The minimum atomic E-state index is -1.16. The van der Waals surface area contributed by atoms with Crippen molar-refractivity contribution in [2.24, 2.45) is 0 Å². The van der Waals surface area contributed by atoms with E-state index in [9.17, 15) is 19.2 Å². The molecule has 0 radical (unpaired) electrons. The van der Waals surface area contributed by atoms with Crippen molar-refractivity contribution in [3.05, 3.63) is 58.2 Å². The number of nitrogens with zero attached hydrogens (tertiary/aromatic N) is 1. The van der Waals surface area contributed by atoms with Crippen molar-refractivity contribution in [2.75, 3.05) is 25.6 Å². The van der Waals surface area contributed by atoms with Crippen LogP contribution in [-0.4, -0.2) is 54.1 Å². The first-order valence-corrected chi connectivity index (χ1v) is 9.99. The second-order valence-electron chi connectivity index (χ2n) is 6.49. The molecular formula is C21H18BrN3O7. The quantitative estimate of drug-likeness (QED) is 0.372. The van der Waals surface area contributed by atoms with E-state index in [2.05, 4.69) is 26.6 Å². The molecular weight excluding hydrogens is 486 g/mol. The highest BCUT2D eigenvalue weighted by molar-refractivity contribution is 9.10. The van der Waals surface area contributed by atoms with Gasteiger partial charge in [0.1, 0.15) is 23.7 Å². The van der Waals surface area contributed by atoms with E-state index < -0.39 is 37.0 Å². The summed E-state index contributed by atoms with van der Waals surface area (Å²) >= 11 is 3.29. The molecule has 1 aliphatic rings. The van der Waals surface area contributed by atoms with Gasteiger partial charge < -0.3 is 25.2 Å². The van der Waals surface area contributed by atoms with Crippen LogP contribution in [-0.2, 0) is 14.4 Å². The molecule has 0 saturated carbocycles. The SMILES string of the molecule is COc1ccccc1NC(=O)CN1C(=O)NC(=Cc2cc(Br)ccc2OCC(=O)O)C1=O. The van der Waals surface area contributed by atoms with Gasteiger partial charge in [0.2, 0.25) is 5.91 Å². The highest BCUT2D eigenvalue weighted by atomic mass is 79.9. The number of amides is 4. The smallest absolute Gasteiger partial charge is 0.341 e. The van der Waals surface area contributed by atoms with E-state index >= 15 is 0 Å². The van der Waals surface area contributed by atoms with E-state index in [1.165, 1.54) is 19.3 Å². The van der Waals surface area contributed by atoms with Gasteiger partial charge in [0.25, 0.3) is 5.91 Å². The summed E-state index contributed by atoms with van der Waals surface area (Å²) in [6, 6.07) is 10.7. The van der Waals surface area contributed by atoms with Gasteiger partial charge in [-0.05, 0) is 36.4 Å². The predicted molar refractivity (Wildman–Crippen MR) is 117 cm³/mol. The lowest BCUT2D eigenvalue weighted by atomic mass is 10.1. The number of imide groups is 1. The fourth-order valence-corrected chi connectivity index (χ4v) is 3.23. The third-order valence-corrected chi connectivity index (χ3v) is 4.76. The Morgan fingerprint density at radius 1 is 1.19 bits per heavy atom. The number of anilines is 1. The number of methoxy groups -OCH3 is 1. The van der Waals surface area contributed by atoms with Crippen LogP contribution < -0.4 is 20.1 Å². The molecule has 3 N–H and O–H groups in total. The molecule has 0 unspecified atom stereocenters. The van der Waals surface area contributed by atoms with Crippen LogP contribution in [0.3, 0.4) is 0 Å². The van der Waals surface area contributed by atoms with E-state index in [-0.39, 0.29) is 11.4 Å². The van der Waals surface area contributed by atoms with Gasteiger partial charge in [-0.15, -0.1) is 0 Å². The van der Waals surface area contributed by atoms with Gasteiger partial charge in [0, 0.05) is 10.0 Å². The molecule has 0 bridgehead atoms. The van der Waals surface area contributed by atoms with Crippen molar-refractivity contribution in [3.8, 4) is 11.5 Å². The standard InChI is InChI=1S/C21H18BrN3O7/c1-31-17-5-3-2-4-14(17)23-18(26)10-25-20(29)15(24-21(25)30)9-12-8-13(22)6-7-16(12)32-11-19(27)28/h2-9H,10-11H2,1H3,(H,23,26)(H,24,30)(H,27,28). The summed E-state index contributed by atoms with van der Waals surface area (Å²) in [5, 5.41) is 13.8. The fourth-order valence-electron chi connectivity index (χ4n) is 2.86. The number of carbonyl (C=O) groups excluding carboxylic acids is 3. The van der Waals surface area contributed by atoms with Crippen molar-refractivity contribution in [1.29, 1.82) is 0 Å². The summed E-state index contributed by atoms with van der Waals surface area (Å²) in [6.45, 7) is -1.09. The van der Waals surface area contributed by atoms with Gasteiger partial charge in [-0.25, -0.2) is 14.5 Å². The van der Waals surface area contributed by atoms with Gasteiger partial charge in [0.15, 0.2) is 6.61 Å². The largest absolute Gasteiger partial charge is 0.495 e. The molecule has 166 valence electrons. The Hall–Kier alpha value is -3.86. The summed E-state index contributed by atoms with van der Waals surface area (Å²) in [4.78, 5) is 49.0. The number of urea groups is 1. The van der Waals surface area contributed by atoms with Gasteiger partial charge in [-0.2, -0.15) is 0 Å². The van der Waals surface area contributed by atoms with Gasteiger partial charge in [0.05, 0.1) is 12.8 Å². The van der Waals surface area contributed by atoms with Crippen molar-refractivity contribution >= 4 is 51.5 Å². The Labute approximate surface area is 190 Å². The van der Waals surface area contributed by atoms with Crippen molar-refractivity contribution in [2.45, 2.75) is 0 Å². The molecule has 0 aromatic heterocycles. The average Bonchev–Trinajstić information content (AvgIpc) is 3.00. The maximum atomic E-state index is 12.7. The van der Waals surface area contributed by atoms with Crippen LogP contribution in [0, 0.1) is 0 Å². The third-order valence-electron chi connectivity index (χ3n) is 4.27. The number of nitrogens with one attached hydrogen (secondary N) is 2. The van der Waals surface area contributed by atoms with Crippen LogP contribution in [0.1, 0.15) is 5.56 Å². The lowest BCUT2D eigenvalue weighted by Gasteiger charge is -2.13. The van der Waals surface area contributed by atoms with Gasteiger partial charge in [-0.1, -0.05) is 28.1 Å². The van der Waals surface area contributed by atoms with Crippen LogP contribution in [0.5, 0.6) is 11.5 Å². The van der Waals surface area contributed by atoms with Crippen LogP contribution in [0.25, 0.3) is 6.08 Å². The molecule has 3 rings (SSSR count). The molecule has 1 fully saturated rings. The molecule has 1 heterocycles. The molecule has 0 aliphatic carbocycles. The maximum Gasteiger partial charge on any atom is 0.341 e. The molecule has 11 heteroatoms. The van der Waals surface area contributed by atoms with E-state index in [4.69, 9.17) is 14.6 Å². The first-order valence-electron chi connectivity index (χ1n) is 9.20. The Kier molecular flexibility index (Phi) is 7.11. The van der Waals surface area contributed by atoms with Crippen LogP contribution in [0.2, 0.25) is 0 Å². The fraction of sp³-hybridized carbons (Fsp3) is 0.143. The molecule has 2 aromatic rings. The summed E-state index contributed by atoms with van der Waals surface area (Å²) in [6.07, 6.45) is 1.35. The Morgan fingerprint density at radius 3 is 2.66 bits per heavy atom. The lowest BCUT2D eigenvalue weighted by Crippen LogP contribution is -2.38. The molecule has 2 aromatic carbocycles. The normalized spacial score (nSPS) is 14.3. The second-order valence-corrected chi connectivity index (χ2v) is 7.41. The maximum absolute atomic E-state index is 12.7. The third kappa shape index (κ3) is 5.43. The van der Waals surface area contributed by atoms with E-state index in [0.29, 0.717) is 21.5 Å². The molecule has 1 aliphatic heterocycles. The van der Waals surface area contributed by atoms with Crippen molar-refractivity contribution in [3.63, 3.8) is 0 Å². The van der Waals surface area contributed by atoms with Crippen LogP contribution >= 0.6 is 15.9 Å². The summed E-state index contributed by atoms with van der Waals surface area (Å²) in [5.41, 5.74) is 0.681. The Bertz CT molecular complexity index is 1120. The van der Waals surface area contributed by atoms with Crippen molar-refractivity contribution < 1.29 is 33.8 Å². The topological polar surface area (TPSA) is 134 Å². The number of carbonyl (C=O) groups is 4. The first-order chi connectivity index (χ1) is 15.3. The van der Waals surface area contributed by atoms with Gasteiger partial charge in [-0.3, -0.25) is 9.59 Å². The zero-order valence-corrected chi connectivity index (χ0v) is 18.3. The number of rotatable bonds is 8. The number of benzene rings is 2. The number of carboxylic acid groups (broad SMARTS) is 1. The zero-order chi connectivity index (χ0) is 23.3. The molecule has 0 spiro atoms. The van der Waals surface area contributed by atoms with Gasteiger partial charge >= 0.3 is 12.0 Å². The zero-order valence-electron chi connectivity index (χ0n) is 16.8. The van der Waals surface area contributed by atoms with E-state index in [1.54, 1.807) is 36.4 Å². The second kappa shape index (κ2) is 9.96. The van der Waals surface area contributed by atoms with E-state index in [0.717, 1.165) is 4.90 Å². The number of carboxylic acids is 1. The molecule has 10 nitrogen and oxygen atoms in total. The van der Waals surface area contributed by atoms with Crippen LogP contribution in [0.4, 0.5) is 10.5 Å².